The molecule has 0 amide bonds. The molecule has 1 unspecified atom stereocenters. The van der Waals surface area contributed by atoms with Gasteiger partial charge >= 0.3 is 0 Å². The van der Waals surface area contributed by atoms with E-state index in [1.165, 1.54) is 89.9 Å². The van der Waals surface area contributed by atoms with Gasteiger partial charge in [-0.25, -0.2) is 0 Å². The molecule has 18 heavy (non-hydrogen) atoms. The van der Waals surface area contributed by atoms with Crippen molar-refractivity contribution in [1.29, 1.82) is 0 Å². The highest BCUT2D eigenvalue weighted by Gasteiger charge is 2.15. The van der Waals surface area contributed by atoms with E-state index in [2.05, 4.69) is 13.8 Å². The Bertz CT molecular complexity index is 163. The largest absolute Gasteiger partial charge is 0.0654 e. The molecule has 1 fully saturated rings. The van der Waals surface area contributed by atoms with E-state index in [1.54, 1.807) is 0 Å². The zero-order valence-electron chi connectivity index (χ0n) is 13.1. The van der Waals surface area contributed by atoms with Crippen LogP contribution in [0.3, 0.4) is 0 Å². The summed E-state index contributed by atoms with van der Waals surface area (Å²) in [5.41, 5.74) is 0. The molecule has 1 aliphatic carbocycles. The third kappa shape index (κ3) is 7.44. The molecule has 1 saturated carbocycles. The van der Waals surface area contributed by atoms with Crippen molar-refractivity contribution in [1.82, 2.24) is 0 Å². The molecule has 0 nitrogen and oxygen atoms in total. The summed E-state index contributed by atoms with van der Waals surface area (Å²) in [6.07, 6.45) is 20.8. The van der Waals surface area contributed by atoms with E-state index in [0.717, 1.165) is 11.8 Å². The van der Waals surface area contributed by atoms with E-state index < -0.39 is 0 Å². The first kappa shape index (κ1) is 16.1. The van der Waals surface area contributed by atoms with Gasteiger partial charge in [-0.1, -0.05) is 97.3 Å². The van der Waals surface area contributed by atoms with Crippen LogP contribution in [0.2, 0.25) is 0 Å². The molecule has 0 N–H and O–H groups in total. The minimum atomic E-state index is 1.03. The molecule has 0 aliphatic heterocycles. The SMILES string of the molecule is CCCCC(CC)CC1CCCCCCCCC1. The second-order valence-electron chi connectivity index (χ2n) is 6.57. The van der Waals surface area contributed by atoms with Crippen molar-refractivity contribution in [3.05, 3.63) is 0 Å². The lowest BCUT2D eigenvalue weighted by atomic mass is 9.82. The van der Waals surface area contributed by atoms with Gasteiger partial charge in [0.05, 0.1) is 0 Å². The monoisotopic (exact) mass is 252 g/mol. The molecule has 108 valence electrons. The molecular weight excluding hydrogens is 216 g/mol. The smallest absolute Gasteiger partial charge is 0.0412 e. The van der Waals surface area contributed by atoms with Crippen LogP contribution in [0, 0.1) is 11.8 Å². The number of hydrogen-bond donors (Lipinski definition) is 0. The average molecular weight is 252 g/mol. The van der Waals surface area contributed by atoms with Gasteiger partial charge in [-0.3, -0.25) is 0 Å². The normalized spacial score (nSPS) is 21.7. The molecule has 0 aromatic carbocycles. The molecule has 1 atom stereocenters. The molecular formula is C18H36. The van der Waals surface area contributed by atoms with Gasteiger partial charge in [0.25, 0.3) is 0 Å². The summed E-state index contributed by atoms with van der Waals surface area (Å²) < 4.78 is 0. The molecule has 0 heteroatoms. The Morgan fingerprint density at radius 3 is 1.89 bits per heavy atom. The third-order valence-electron chi connectivity index (χ3n) is 4.93. The Morgan fingerprint density at radius 1 is 0.833 bits per heavy atom. The van der Waals surface area contributed by atoms with Crippen molar-refractivity contribution < 1.29 is 0 Å². The summed E-state index contributed by atoms with van der Waals surface area (Å²) in [6, 6.07) is 0. The molecule has 1 rings (SSSR count). The summed E-state index contributed by atoms with van der Waals surface area (Å²) in [5.74, 6) is 2.09. The van der Waals surface area contributed by atoms with E-state index in [1.807, 2.05) is 0 Å². The van der Waals surface area contributed by atoms with Crippen LogP contribution in [0.4, 0.5) is 0 Å². The molecule has 0 bridgehead atoms. The molecule has 1 aliphatic rings. The molecule has 0 heterocycles. The Hall–Kier alpha value is 0. The molecule has 0 aromatic heterocycles. The van der Waals surface area contributed by atoms with Crippen LogP contribution in [0.1, 0.15) is 104 Å². The first-order chi connectivity index (χ1) is 8.86. The summed E-state index contributed by atoms with van der Waals surface area (Å²) in [6.45, 7) is 4.73. The minimum absolute atomic E-state index is 1.03. The maximum atomic E-state index is 2.40. The van der Waals surface area contributed by atoms with Gasteiger partial charge in [0.1, 0.15) is 0 Å². The zero-order chi connectivity index (χ0) is 13.1. The first-order valence-electron chi connectivity index (χ1n) is 8.86. The van der Waals surface area contributed by atoms with Gasteiger partial charge in [0, 0.05) is 0 Å². The maximum Gasteiger partial charge on any atom is -0.0412 e. The molecule has 0 aromatic rings. The Labute approximate surface area is 116 Å². The van der Waals surface area contributed by atoms with Gasteiger partial charge < -0.3 is 0 Å². The van der Waals surface area contributed by atoms with Crippen molar-refractivity contribution in [2.24, 2.45) is 11.8 Å². The fourth-order valence-corrected chi connectivity index (χ4v) is 3.58. The zero-order valence-corrected chi connectivity index (χ0v) is 13.1. The van der Waals surface area contributed by atoms with Crippen molar-refractivity contribution in [2.45, 2.75) is 104 Å². The Morgan fingerprint density at radius 2 is 1.39 bits per heavy atom. The topological polar surface area (TPSA) is 0 Å². The quantitative estimate of drug-likeness (QED) is 0.491. The molecule has 0 radical (unpaired) electrons. The van der Waals surface area contributed by atoms with Crippen LogP contribution in [0.5, 0.6) is 0 Å². The summed E-state index contributed by atoms with van der Waals surface area (Å²) in [7, 11) is 0. The van der Waals surface area contributed by atoms with Gasteiger partial charge in [0.2, 0.25) is 0 Å². The highest BCUT2D eigenvalue weighted by Crippen LogP contribution is 2.29. The summed E-state index contributed by atoms with van der Waals surface area (Å²) >= 11 is 0. The predicted molar refractivity (Wildman–Crippen MR) is 83.0 cm³/mol. The lowest BCUT2D eigenvalue weighted by Gasteiger charge is -2.23. The van der Waals surface area contributed by atoms with Crippen LogP contribution in [0.25, 0.3) is 0 Å². The van der Waals surface area contributed by atoms with Gasteiger partial charge in [-0.05, 0) is 18.3 Å². The standard InChI is InChI=1S/C18H36/c1-3-5-13-17(4-2)16-18-14-11-9-7-6-8-10-12-15-18/h17-18H,3-16H2,1-2H3. The lowest BCUT2D eigenvalue weighted by molar-refractivity contribution is 0.291. The van der Waals surface area contributed by atoms with E-state index in [0.29, 0.717) is 0 Å². The number of rotatable bonds is 6. The van der Waals surface area contributed by atoms with E-state index >= 15 is 0 Å². The fraction of sp³-hybridized carbons (Fsp3) is 1.00. The number of unbranched alkanes of at least 4 members (excludes halogenated alkanes) is 1. The molecule has 0 spiro atoms. The van der Waals surface area contributed by atoms with Crippen molar-refractivity contribution in [2.75, 3.05) is 0 Å². The highest BCUT2D eigenvalue weighted by molar-refractivity contribution is 4.68. The van der Waals surface area contributed by atoms with Crippen LogP contribution in [0.15, 0.2) is 0 Å². The maximum absolute atomic E-state index is 2.40. The van der Waals surface area contributed by atoms with Crippen LogP contribution in [-0.4, -0.2) is 0 Å². The summed E-state index contributed by atoms with van der Waals surface area (Å²) in [5, 5.41) is 0. The second kappa shape index (κ2) is 10.9. The third-order valence-corrected chi connectivity index (χ3v) is 4.93. The average Bonchev–Trinajstić information content (AvgIpc) is 2.41. The van der Waals surface area contributed by atoms with Crippen molar-refractivity contribution >= 4 is 0 Å². The lowest BCUT2D eigenvalue weighted by Crippen LogP contribution is -2.10. The van der Waals surface area contributed by atoms with Gasteiger partial charge in [0.15, 0.2) is 0 Å². The first-order valence-corrected chi connectivity index (χ1v) is 8.86. The predicted octanol–water partition coefficient (Wildman–Crippen LogP) is 6.73. The Kier molecular flexibility index (Phi) is 9.70. The van der Waals surface area contributed by atoms with Crippen molar-refractivity contribution in [3.8, 4) is 0 Å². The Balaban J connectivity index is 2.29. The minimum Gasteiger partial charge on any atom is -0.0654 e. The van der Waals surface area contributed by atoms with Gasteiger partial charge in [-0.2, -0.15) is 0 Å². The van der Waals surface area contributed by atoms with Gasteiger partial charge in [-0.15, -0.1) is 0 Å². The number of hydrogen-bond acceptors (Lipinski definition) is 0. The van der Waals surface area contributed by atoms with Crippen molar-refractivity contribution in [3.63, 3.8) is 0 Å². The fourth-order valence-electron chi connectivity index (χ4n) is 3.58. The van der Waals surface area contributed by atoms with E-state index in [-0.39, 0.29) is 0 Å². The van der Waals surface area contributed by atoms with Crippen LogP contribution in [-0.2, 0) is 0 Å². The van der Waals surface area contributed by atoms with Crippen LogP contribution >= 0.6 is 0 Å². The molecule has 0 saturated heterocycles. The summed E-state index contributed by atoms with van der Waals surface area (Å²) in [4.78, 5) is 0. The van der Waals surface area contributed by atoms with E-state index in [9.17, 15) is 0 Å². The second-order valence-corrected chi connectivity index (χ2v) is 6.57. The van der Waals surface area contributed by atoms with E-state index in [4.69, 9.17) is 0 Å². The van der Waals surface area contributed by atoms with Crippen LogP contribution < -0.4 is 0 Å². The highest BCUT2D eigenvalue weighted by atomic mass is 14.2.